The number of H-pyrrole nitrogens is 1. The van der Waals surface area contributed by atoms with Crippen molar-refractivity contribution in [1.82, 2.24) is 24.7 Å². The molecule has 84 valence electrons. The normalized spacial score (nSPS) is 10.6. The molecule has 0 atom stereocenters. The number of aromatic amines is 1. The van der Waals surface area contributed by atoms with E-state index in [2.05, 4.69) is 20.2 Å². The number of nitrogens with two attached hydrogens (primary N) is 1. The van der Waals surface area contributed by atoms with E-state index in [0.29, 0.717) is 10.2 Å². The van der Waals surface area contributed by atoms with Gasteiger partial charge in [0.05, 0.1) is 0 Å². The summed E-state index contributed by atoms with van der Waals surface area (Å²) in [6.07, 6.45) is 1.63. The molecule has 0 saturated carbocycles. The van der Waals surface area contributed by atoms with Crippen molar-refractivity contribution in [3.8, 4) is 0 Å². The van der Waals surface area contributed by atoms with Crippen LogP contribution in [0.3, 0.4) is 0 Å². The fraction of sp³-hybridized carbons (Fsp3) is 0.250. The van der Waals surface area contributed by atoms with E-state index in [1.807, 2.05) is 6.92 Å². The lowest BCUT2D eigenvalue weighted by atomic mass is 10.4. The van der Waals surface area contributed by atoms with Crippen molar-refractivity contribution in [2.45, 2.75) is 17.1 Å². The fourth-order valence-electron chi connectivity index (χ4n) is 1.05. The molecule has 7 nitrogen and oxygen atoms in total. The monoisotopic (exact) mass is 238 g/mol. The van der Waals surface area contributed by atoms with Crippen molar-refractivity contribution in [1.29, 1.82) is 0 Å². The first kappa shape index (κ1) is 10.7. The molecule has 3 N–H and O–H groups in total. The smallest absolute Gasteiger partial charge is 0.343 e. The van der Waals surface area contributed by atoms with Gasteiger partial charge in [0.1, 0.15) is 5.03 Å². The predicted molar refractivity (Wildman–Crippen MR) is 59.1 cm³/mol. The molecule has 0 aliphatic rings. The van der Waals surface area contributed by atoms with E-state index in [1.54, 1.807) is 13.2 Å². The quantitative estimate of drug-likeness (QED) is 0.710. The summed E-state index contributed by atoms with van der Waals surface area (Å²) in [4.78, 5) is 19.1. The number of rotatable bonds is 2. The van der Waals surface area contributed by atoms with Crippen LogP contribution in [-0.2, 0) is 7.05 Å². The highest BCUT2D eigenvalue weighted by atomic mass is 32.2. The summed E-state index contributed by atoms with van der Waals surface area (Å²) in [6.45, 7) is 1.87. The average molecular weight is 238 g/mol. The molecule has 2 heterocycles. The van der Waals surface area contributed by atoms with Gasteiger partial charge in [0.15, 0.2) is 5.16 Å². The third-order valence-electron chi connectivity index (χ3n) is 1.97. The van der Waals surface area contributed by atoms with Crippen LogP contribution < -0.4 is 11.4 Å². The van der Waals surface area contributed by atoms with Gasteiger partial charge in [-0.2, -0.15) is 0 Å². The van der Waals surface area contributed by atoms with E-state index in [0.717, 1.165) is 5.56 Å². The number of hydrogen-bond acceptors (Lipinski definition) is 6. The Balaban J connectivity index is 2.37. The third-order valence-corrected chi connectivity index (χ3v) is 3.12. The highest BCUT2D eigenvalue weighted by molar-refractivity contribution is 7.99. The zero-order valence-electron chi connectivity index (χ0n) is 8.76. The summed E-state index contributed by atoms with van der Waals surface area (Å²) in [5.41, 5.74) is 6.11. The van der Waals surface area contributed by atoms with Crippen LogP contribution in [0.25, 0.3) is 0 Å². The van der Waals surface area contributed by atoms with Crippen molar-refractivity contribution in [3.05, 3.63) is 22.2 Å². The maximum atomic E-state index is 11.2. The van der Waals surface area contributed by atoms with Crippen molar-refractivity contribution in [2.75, 3.05) is 5.73 Å². The predicted octanol–water partition coefficient (Wildman–Crippen LogP) is -0.0598. The number of nitrogen functional groups attached to an aromatic ring is 1. The number of anilines is 1. The van der Waals surface area contributed by atoms with Crippen LogP contribution in [0.4, 0.5) is 5.95 Å². The Morgan fingerprint density at radius 2 is 2.31 bits per heavy atom. The van der Waals surface area contributed by atoms with Gasteiger partial charge in [0, 0.05) is 18.8 Å². The summed E-state index contributed by atoms with van der Waals surface area (Å²) in [7, 11) is 1.63. The van der Waals surface area contributed by atoms with Crippen LogP contribution in [0.1, 0.15) is 5.56 Å². The molecule has 2 aromatic heterocycles. The zero-order valence-corrected chi connectivity index (χ0v) is 9.58. The number of hydrogen-bond donors (Lipinski definition) is 2. The SMILES string of the molecule is Cc1cnc(N)nc1Sc1n[nH]c(=O)n1C. The Bertz CT molecular complexity index is 574. The van der Waals surface area contributed by atoms with Gasteiger partial charge in [-0.3, -0.25) is 4.57 Å². The average Bonchev–Trinajstić information content (AvgIpc) is 2.55. The van der Waals surface area contributed by atoms with Gasteiger partial charge in [-0.15, -0.1) is 5.10 Å². The summed E-state index contributed by atoms with van der Waals surface area (Å²) in [6, 6.07) is 0. The highest BCUT2D eigenvalue weighted by Crippen LogP contribution is 2.25. The van der Waals surface area contributed by atoms with Crippen LogP contribution in [-0.4, -0.2) is 24.7 Å². The lowest BCUT2D eigenvalue weighted by Crippen LogP contribution is -2.12. The Morgan fingerprint density at radius 3 is 2.94 bits per heavy atom. The zero-order chi connectivity index (χ0) is 11.7. The molecule has 0 bridgehead atoms. The summed E-state index contributed by atoms with van der Waals surface area (Å²) < 4.78 is 1.41. The minimum atomic E-state index is -0.262. The van der Waals surface area contributed by atoms with Crippen LogP contribution in [0.2, 0.25) is 0 Å². The third kappa shape index (κ3) is 1.91. The van der Waals surface area contributed by atoms with Gasteiger partial charge in [0.2, 0.25) is 5.95 Å². The number of aryl methyl sites for hydroxylation is 1. The number of nitrogens with one attached hydrogen (secondary N) is 1. The molecular weight excluding hydrogens is 228 g/mol. The van der Waals surface area contributed by atoms with Gasteiger partial charge in [-0.25, -0.2) is 19.9 Å². The molecule has 0 aromatic carbocycles. The number of aromatic nitrogens is 5. The minimum Gasteiger partial charge on any atom is -0.368 e. The van der Waals surface area contributed by atoms with Gasteiger partial charge < -0.3 is 5.73 Å². The van der Waals surface area contributed by atoms with Crippen LogP contribution in [0.15, 0.2) is 21.2 Å². The van der Waals surface area contributed by atoms with Gasteiger partial charge >= 0.3 is 5.69 Å². The van der Waals surface area contributed by atoms with E-state index in [9.17, 15) is 4.79 Å². The molecule has 8 heteroatoms. The van der Waals surface area contributed by atoms with Crippen LogP contribution in [0.5, 0.6) is 0 Å². The first-order valence-corrected chi connectivity index (χ1v) is 5.28. The second-order valence-corrected chi connectivity index (χ2v) is 4.14. The van der Waals surface area contributed by atoms with E-state index in [1.165, 1.54) is 16.3 Å². The van der Waals surface area contributed by atoms with Crippen LogP contribution in [0, 0.1) is 6.92 Å². The molecule has 0 radical (unpaired) electrons. The molecule has 0 aliphatic heterocycles. The van der Waals surface area contributed by atoms with E-state index in [-0.39, 0.29) is 11.6 Å². The van der Waals surface area contributed by atoms with Crippen molar-refractivity contribution < 1.29 is 0 Å². The van der Waals surface area contributed by atoms with E-state index in [4.69, 9.17) is 5.73 Å². The largest absolute Gasteiger partial charge is 0.368 e. The van der Waals surface area contributed by atoms with Gasteiger partial charge in [0.25, 0.3) is 0 Å². The molecule has 2 aromatic rings. The Hall–Kier alpha value is -1.83. The van der Waals surface area contributed by atoms with E-state index < -0.39 is 0 Å². The standard InChI is InChI=1S/C8H10N6OS/c1-4-3-10-6(9)11-5(4)16-8-13-12-7(15)14(8)2/h3H,1-2H3,(H,12,15)(H2,9,10,11). The fourth-order valence-corrected chi connectivity index (χ4v) is 1.89. The molecule has 0 saturated heterocycles. The Labute approximate surface area is 95.1 Å². The lowest BCUT2D eigenvalue weighted by molar-refractivity contribution is 0.764. The molecule has 0 unspecified atom stereocenters. The Kier molecular flexibility index (Phi) is 2.65. The second kappa shape index (κ2) is 3.97. The molecular formula is C8H10N6OS. The van der Waals surface area contributed by atoms with E-state index >= 15 is 0 Å². The summed E-state index contributed by atoms with van der Waals surface area (Å²) >= 11 is 1.27. The van der Waals surface area contributed by atoms with Crippen molar-refractivity contribution in [2.24, 2.45) is 7.05 Å². The molecule has 0 aliphatic carbocycles. The lowest BCUT2D eigenvalue weighted by Gasteiger charge is -2.03. The van der Waals surface area contributed by atoms with Crippen molar-refractivity contribution >= 4 is 17.7 Å². The van der Waals surface area contributed by atoms with Crippen molar-refractivity contribution in [3.63, 3.8) is 0 Å². The minimum absolute atomic E-state index is 0.202. The second-order valence-electron chi connectivity index (χ2n) is 3.19. The topological polar surface area (TPSA) is 102 Å². The first-order valence-electron chi connectivity index (χ1n) is 4.46. The molecule has 16 heavy (non-hydrogen) atoms. The molecule has 2 rings (SSSR count). The highest BCUT2D eigenvalue weighted by Gasteiger charge is 2.10. The molecule has 0 amide bonds. The van der Waals surface area contributed by atoms with Gasteiger partial charge in [-0.05, 0) is 18.7 Å². The number of nitrogens with zero attached hydrogens (tertiary/aromatic N) is 4. The maximum absolute atomic E-state index is 11.2. The first-order chi connectivity index (χ1) is 7.58. The molecule has 0 spiro atoms. The maximum Gasteiger partial charge on any atom is 0.343 e. The van der Waals surface area contributed by atoms with Gasteiger partial charge in [-0.1, -0.05) is 0 Å². The van der Waals surface area contributed by atoms with Crippen LogP contribution >= 0.6 is 11.8 Å². The Morgan fingerprint density at radius 1 is 1.56 bits per heavy atom. The molecule has 0 fully saturated rings. The summed E-state index contributed by atoms with van der Waals surface area (Å²) in [5.74, 6) is 0.202. The summed E-state index contributed by atoms with van der Waals surface area (Å²) in [5, 5.41) is 7.44.